The van der Waals surface area contributed by atoms with E-state index in [1.54, 1.807) is 30.3 Å². The number of hydrogen-bond acceptors (Lipinski definition) is 4. The van der Waals surface area contributed by atoms with Crippen LogP contribution in [0.3, 0.4) is 0 Å². The third-order valence-corrected chi connectivity index (χ3v) is 5.80. The Morgan fingerprint density at radius 2 is 1.95 bits per heavy atom. The molecule has 122 valence electrons. The highest BCUT2D eigenvalue weighted by Crippen LogP contribution is 2.22. The third kappa shape index (κ3) is 3.94. The summed E-state index contributed by atoms with van der Waals surface area (Å²) in [6.45, 7) is 6.15. The fourth-order valence-corrected chi connectivity index (χ4v) is 4.48. The van der Waals surface area contributed by atoms with E-state index in [1.807, 2.05) is 13.8 Å². The van der Waals surface area contributed by atoms with E-state index in [1.165, 1.54) is 4.31 Å². The first-order valence-corrected chi connectivity index (χ1v) is 9.10. The van der Waals surface area contributed by atoms with Gasteiger partial charge in [0, 0.05) is 25.6 Å². The van der Waals surface area contributed by atoms with Crippen molar-refractivity contribution >= 4 is 16.3 Å². The highest BCUT2D eigenvalue weighted by atomic mass is 32.2. The quantitative estimate of drug-likeness (QED) is 0.769. The van der Waals surface area contributed by atoms with E-state index in [2.05, 4.69) is 5.32 Å². The number of benzene rings is 1. The summed E-state index contributed by atoms with van der Waals surface area (Å²) in [5.41, 5.74) is 0. The normalized spacial score (nSPS) is 22.4. The number of nitrogens with zero attached hydrogens (tertiary/aromatic N) is 1. The van der Waals surface area contributed by atoms with Gasteiger partial charge in [0.05, 0.1) is 4.90 Å². The Morgan fingerprint density at radius 3 is 2.55 bits per heavy atom. The van der Waals surface area contributed by atoms with Crippen LogP contribution in [-0.4, -0.2) is 45.2 Å². The van der Waals surface area contributed by atoms with E-state index >= 15 is 0 Å². The van der Waals surface area contributed by atoms with E-state index in [-0.39, 0.29) is 17.8 Å². The molecule has 22 heavy (non-hydrogen) atoms. The lowest BCUT2D eigenvalue weighted by Gasteiger charge is -2.27. The lowest BCUT2D eigenvalue weighted by Crippen LogP contribution is -2.40. The molecule has 5 nitrogen and oxygen atoms in total. The molecule has 0 saturated carbocycles. The molecular formula is C16H24N2O3S. The monoisotopic (exact) mass is 324 g/mol. The molecule has 1 aromatic carbocycles. The van der Waals surface area contributed by atoms with Crippen LogP contribution in [-0.2, 0) is 14.8 Å². The molecular weight excluding hydrogens is 300 g/mol. The van der Waals surface area contributed by atoms with Gasteiger partial charge in [-0.25, -0.2) is 8.42 Å². The molecule has 0 aromatic heterocycles. The van der Waals surface area contributed by atoms with Crippen molar-refractivity contribution in [2.24, 2.45) is 17.8 Å². The second-order valence-electron chi connectivity index (χ2n) is 6.25. The largest absolute Gasteiger partial charge is 0.316 e. The number of rotatable bonds is 7. The second-order valence-corrected chi connectivity index (χ2v) is 8.19. The van der Waals surface area contributed by atoms with Gasteiger partial charge in [-0.1, -0.05) is 32.0 Å². The van der Waals surface area contributed by atoms with Gasteiger partial charge in [0.15, 0.2) is 0 Å². The summed E-state index contributed by atoms with van der Waals surface area (Å²) in [6.07, 6.45) is 0.938. The number of aldehydes is 1. The fourth-order valence-electron chi connectivity index (χ4n) is 2.79. The number of carbonyl (C=O) groups is 1. The van der Waals surface area contributed by atoms with Crippen LogP contribution in [0.1, 0.15) is 13.8 Å². The summed E-state index contributed by atoms with van der Waals surface area (Å²) in [7, 11) is -3.53. The van der Waals surface area contributed by atoms with Crippen molar-refractivity contribution in [1.82, 2.24) is 9.62 Å². The second kappa shape index (κ2) is 7.35. The minimum atomic E-state index is -3.53. The number of carbonyl (C=O) groups excluding carboxylic acids is 1. The van der Waals surface area contributed by atoms with Gasteiger partial charge in [-0.2, -0.15) is 4.31 Å². The molecule has 1 aliphatic rings. The van der Waals surface area contributed by atoms with Gasteiger partial charge in [0.25, 0.3) is 0 Å². The maximum atomic E-state index is 12.9. The van der Waals surface area contributed by atoms with Gasteiger partial charge in [0.1, 0.15) is 6.29 Å². The summed E-state index contributed by atoms with van der Waals surface area (Å²) in [4.78, 5) is 11.4. The topological polar surface area (TPSA) is 66.5 Å². The van der Waals surface area contributed by atoms with E-state index in [4.69, 9.17) is 0 Å². The summed E-state index contributed by atoms with van der Waals surface area (Å²) >= 11 is 0. The van der Waals surface area contributed by atoms with Crippen LogP contribution in [0, 0.1) is 17.8 Å². The highest BCUT2D eigenvalue weighted by molar-refractivity contribution is 7.89. The molecule has 1 heterocycles. The minimum Gasteiger partial charge on any atom is -0.316 e. The van der Waals surface area contributed by atoms with Gasteiger partial charge in [-0.05, 0) is 30.5 Å². The summed E-state index contributed by atoms with van der Waals surface area (Å²) in [5, 5.41) is 3.17. The predicted octanol–water partition coefficient (Wildman–Crippen LogP) is 1.37. The van der Waals surface area contributed by atoms with Crippen LogP contribution in [0.15, 0.2) is 35.2 Å². The first kappa shape index (κ1) is 17.1. The zero-order chi connectivity index (χ0) is 16.2. The molecule has 0 bridgehead atoms. The first-order chi connectivity index (χ1) is 10.4. The lowest BCUT2D eigenvalue weighted by atomic mass is 9.97. The smallest absolute Gasteiger partial charge is 0.243 e. The van der Waals surface area contributed by atoms with E-state index < -0.39 is 10.0 Å². The fraction of sp³-hybridized carbons (Fsp3) is 0.562. The molecule has 1 saturated heterocycles. The van der Waals surface area contributed by atoms with E-state index in [0.717, 1.165) is 6.29 Å². The van der Waals surface area contributed by atoms with Gasteiger partial charge in [-0.15, -0.1) is 0 Å². The molecule has 0 amide bonds. The molecule has 6 heteroatoms. The van der Waals surface area contributed by atoms with Crippen molar-refractivity contribution in [1.29, 1.82) is 0 Å². The van der Waals surface area contributed by atoms with E-state index in [0.29, 0.717) is 31.1 Å². The minimum absolute atomic E-state index is 0.0368. The zero-order valence-electron chi connectivity index (χ0n) is 13.1. The van der Waals surface area contributed by atoms with Crippen LogP contribution in [0.4, 0.5) is 0 Å². The SMILES string of the molecule is CC(C)CN(CC1CNCC1C=O)S(=O)(=O)c1ccccc1. The molecule has 2 atom stereocenters. The molecule has 1 aliphatic heterocycles. The molecule has 1 aromatic rings. The van der Waals surface area contributed by atoms with Gasteiger partial charge < -0.3 is 10.1 Å². The summed E-state index contributed by atoms with van der Waals surface area (Å²) in [6, 6.07) is 8.49. The highest BCUT2D eigenvalue weighted by Gasteiger charge is 2.33. The number of sulfonamides is 1. The Morgan fingerprint density at radius 1 is 1.27 bits per heavy atom. The van der Waals surface area contributed by atoms with Crippen LogP contribution in [0.25, 0.3) is 0 Å². The van der Waals surface area contributed by atoms with Crippen LogP contribution < -0.4 is 5.32 Å². The maximum absolute atomic E-state index is 12.9. The van der Waals surface area contributed by atoms with Gasteiger partial charge in [0.2, 0.25) is 10.0 Å². The van der Waals surface area contributed by atoms with Crippen LogP contribution in [0.5, 0.6) is 0 Å². The standard InChI is InChI=1S/C16H24N2O3S/c1-13(2)10-18(11-14-8-17-9-15(14)12-19)22(20,21)16-6-4-3-5-7-16/h3-7,12-15,17H,8-11H2,1-2H3. The molecule has 1 N–H and O–H groups in total. The van der Waals surface area contributed by atoms with Crippen molar-refractivity contribution in [3.05, 3.63) is 30.3 Å². The molecule has 0 radical (unpaired) electrons. The molecule has 0 aliphatic carbocycles. The molecule has 2 unspecified atom stereocenters. The van der Waals surface area contributed by atoms with E-state index in [9.17, 15) is 13.2 Å². The Balaban J connectivity index is 2.24. The van der Waals surface area contributed by atoms with Crippen LogP contribution in [0.2, 0.25) is 0 Å². The van der Waals surface area contributed by atoms with Crippen molar-refractivity contribution in [2.75, 3.05) is 26.2 Å². The van der Waals surface area contributed by atoms with Crippen molar-refractivity contribution in [3.8, 4) is 0 Å². The third-order valence-electron chi connectivity index (χ3n) is 3.95. The zero-order valence-corrected chi connectivity index (χ0v) is 13.9. The Bertz CT molecular complexity index is 587. The summed E-state index contributed by atoms with van der Waals surface area (Å²) in [5.74, 6) is 0.151. The molecule has 1 fully saturated rings. The Labute approximate surface area is 132 Å². The van der Waals surface area contributed by atoms with Crippen molar-refractivity contribution in [3.63, 3.8) is 0 Å². The van der Waals surface area contributed by atoms with Crippen LogP contribution >= 0.6 is 0 Å². The molecule has 2 rings (SSSR count). The number of nitrogens with one attached hydrogen (secondary N) is 1. The Kier molecular flexibility index (Phi) is 5.72. The molecule has 0 spiro atoms. The predicted molar refractivity (Wildman–Crippen MR) is 86.0 cm³/mol. The lowest BCUT2D eigenvalue weighted by molar-refractivity contribution is -0.111. The first-order valence-electron chi connectivity index (χ1n) is 7.66. The Hall–Kier alpha value is -1.24. The summed E-state index contributed by atoms with van der Waals surface area (Å²) < 4.78 is 27.3. The van der Waals surface area contributed by atoms with Crippen molar-refractivity contribution < 1.29 is 13.2 Å². The van der Waals surface area contributed by atoms with Gasteiger partial charge >= 0.3 is 0 Å². The average Bonchev–Trinajstić information content (AvgIpc) is 2.94. The van der Waals surface area contributed by atoms with Gasteiger partial charge in [-0.3, -0.25) is 0 Å². The average molecular weight is 324 g/mol. The van der Waals surface area contributed by atoms with Crippen molar-refractivity contribution in [2.45, 2.75) is 18.7 Å². The number of hydrogen-bond donors (Lipinski definition) is 1. The maximum Gasteiger partial charge on any atom is 0.243 e.